The molecule has 8 nitrogen and oxygen atoms in total. The summed E-state index contributed by atoms with van der Waals surface area (Å²) in [6.45, 7) is 1.40. The van der Waals surface area contributed by atoms with E-state index in [1.54, 1.807) is 26.2 Å². The highest BCUT2D eigenvalue weighted by molar-refractivity contribution is 7.98. The molecule has 1 aromatic heterocycles. The molecule has 3 aromatic rings. The lowest BCUT2D eigenvalue weighted by molar-refractivity contribution is -0.125. The van der Waals surface area contributed by atoms with Crippen LogP contribution < -0.4 is 10.1 Å². The Balaban J connectivity index is 1.33. The van der Waals surface area contributed by atoms with Crippen LogP contribution in [0.5, 0.6) is 5.75 Å². The van der Waals surface area contributed by atoms with Gasteiger partial charge in [-0.3, -0.25) is 4.79 Å². The first-order valence-corrected chi connectivity index (χ1v) is 11.6. The van der Waals surface area contributed by atoms with Crippen molar-refractivity contribution in [1.82, 2.24) is 15.5 Å². The number of carbonyl (C=O) groups excluding carboxylic acids is 2. The molecule has 1 amide bonds. The number of carbonyl (C=O) groups is 2. The average Bonchev–Trinajstić information content (AvgIpc) is 3.60. The fourth-order valence-corrected chi connectivity index (χ4v) is 4.32. The molecule has 0 radical (unpaired) electrons. The van der Waals surface area contributed by atoms with Gasteiger partial charge >= 0.3 is 5.97 Å². The van der Waals surface area contributed by atoms with Crippen LogP contribution in [0.15, 0.2) is 57.9 Å². The fourth-order valence-electron chi connectivity index (χ4n) is 3.44. The summed E-state index contributed by atoms with van der Waals surface area (Å²) in [4.78, 5) is 30.1. The third kappa shape index (κ3) is 6.13. The Kier molecular flexibility index (Phi) is 7.29. The van der Waals surface area contributed by atoms with Gasteiger partial charge in [0.15, 0.2) is 12.4 Å². The second kappa shape index (κ2) is 10.5. The summed E-state index contributed by atoms with van der Waals surface area (Å²) < 4.78 is 15.7. The monoisotopic (exact) mass is 467 g/mol. The van der Waals surface area contributed by atoms with Crippen LogP contribution in [0.4, 0.5) is 0 Å². The Hall–Kier alpha value is -3.33. The second-order valence-corrected chi connectivity index (χ2v) is 8.77. The van der Waals surface area contributed by atoms with E-state index in [1.807, 2.05) is 36.4 Å². The van der Waals surface area contributed by atoms with Gasteiger partial charge in [-0.25, -0.2) is 4.79 Å². The number of aromatic nitrogens is 2. The average molecular weight is 468 g/mol. The van der Waals surface area contributed by atoms with Gasteiger partial charge < -0.3 is 19.3 Å². The molecule has 0 bridgehead atoms. The summed E-state index contributed by atoms with van der Waals surface area (Å²) in [6.07, 6.45) is 2.11. The van der Waals surface area contributed by atoms with Gasteiger partial charge in [-0.05, 0) is 55.5 Å². The van der Waals surface area contributed by atoms with Crippen LogP contribution >= 0.6 is 11.8 Å². The highest BCUT2D eigenvalue weighted by Crippen LogP contribution is 2.41. The van der Waals surface area contributed by atoms with E-state index in [9.17, 15) is 9.59 Å². The van der Waals surface area contributed by atoms with Crippen molar-refractivity contribution in [1.29, 1.82) is 0 Å². The van der Waals surface area contributed by atoms with Crippen LogP contribution in [0.3, 0.4) is 0 Å². The molecule has 0 saturated heterocycles. The predicted octanol–water partition coefficient (Wildman–Crippen LogP) is 4.10. The predicted molar refractivity (Wildman–Crippen MR) is 122 cm³/mol. The number of aryl methyl sites for hydroxylation is 1. The molecule has 0 spiro atoms. The van der Waals surface area contributed by atoms with Crippen LogP contribution in [0.1, 0.15) is 46.5 Å². The first-order valence-electron chi connectivity index (χ1n) is 10.6. The third-order valence-electron chi connectivity index (χ3n) is 5.25. The van der Waals surface area contributed by atoms with Crippen molar-refractivity contribution in [3.05, 3.63) is 71.4 Å². The lowest BCUT2D eigenvalue weighted by Crippen LogP contribution is -2.33. The molecule has 2 aromatic carbocycles. The van der Waals surface area contributed by atoms with E-state index in [-0.39, 0.29) is 18.6 Å². The Labute approximate surface area is 196 Å². The number of amides is 1. The quantitative estimate of drug-likeness (QED) is 0.351. The maximum Gasteiger partial charge on any atom is 0.339 e. The molecule has 1 fully saturated rings. The first-order chi connectivity index (χ1) is 16.0. The van der Waals surface area contributed by atoms with Gasteiger partial charge in [-0.2, -0.15) is 4.98 Å². The standard InChI is InChI=1S/C24H25N3O5S/c1-15-25-22(32-27-15)14-33-20-6-4-3-5-19(20)24(29)31-13-21(28)26-23(16-7-8-16)17-9-11-18(30-2)12-10-17/h3-6,9-12,16,23H,7-8,13-14H2,1-2H3,(H,26,28). The molecule has 1 aliphatic rings. The van der Waals surface area contributed by atoms with Gasteiger partial charge in [0.05, 0.1) is 24.5 Å². The molecular weight excluding hydrogens is 442 g/mol. The molecule has 1 heterocycles. The summed E-state index contributed by atoms with van der Waals surface area (Å²) in [6, 6.07) is 14.6. The molecule has 1 atom stereocenters. The summed E-state index contributed by atoms with van der Waals surface area (Å²) >= 11 is 1.39. The number of methoxy groups -OCH3 is 1. The summed E-state index contributed by atoms with van der Waals surface area (Å²) in [5.41, 5.74) is 1.40. The molecule has 33 heavy (non-hydrogen) atoms. The summed E-state index contributed by atoms with van der Waals surface area (Å²) in [5.74, 6) is 1.73. The van der Waals surface area contributed by atoms with Crippen LogP contribution in [-0.4, -0.2) is 35.7 Å². The highest BCUT2D eigenvalue weighted by Gasteiger charge is 2.33. The van der Waals surface area contributed by atoms with Gasteiger partial charge in [0, 0.05) is 4.90 Å². The Bertz CT molecular complexity index is 1110. The number of thioether (sulfide) groups is 1. The fraction of sp³-hybridized carbons (Fsp3) is 0.333. The van der Waals surface area contributed by atoms with Crippen molar-refractivity contribution in [2.45, 2.75) is 36.5 Å². The number of ether oxygens (including phenoxy) is 2. The van der Waals surface area contributed by atoms with E-state index < -0.39 is 5.97 Å². The SMILES string of the molecule is COc1ccc(C(NC(=O)COC(=O)c2ccccc2SCc2nc(C)no2)C2CC2)cc1. The second-order valence-electron chi connectivity index (χ2n) is 7.75. The van der Waals surface area contributed by atoms with Crippen molar-refractivity contribution in [2.75, 3.05) is 13.7 Å². The third-order valence-corrected chi connectivity index (χ3v) is 6.31. The zero-order valence-electron chi connectivity index (χ0n) is 18.4. The van der Waals surface area contributed by atoms with E-state index in [0.717, 1.165) is 24.2 Å². The number of esters is 1. The molecule has 9 heteroatoms. The normalized spacial score (nSPS) is 13.9. The largest absolute Gasteiger partial charge is 0.497 e. The maximum absolute atomic E-state index is 12.7. The molecule has 172 valence electrons. The first kappa shape index (κ1) is 22.8. The van der Waals surface area contributed by atoms with Crippen LogP contribution in [0, 0.1) is 12.8 Å². The zero-order chi connectivity index (χ0) is 23.2. The van der Waals surface area contributed by atoms with Gasteiger partial charge in [0.25, 0.3) is 5.91 Å². The van der Waals surface area contributed by atoms with Gasteiger partial charge in [0.2, 0.25) is 5.89 Å². The minimum Gasteiger partial charge on any atom is -0.497 e. The smallest absolute Gasteiger partial charge is 0.339 e. The van der Waals surface area contributed by atoms with Crippen LogP contribution in [-0.2, 0) is 15.3 Å². The van der Waals surface area contributed by atoms with Gasteiger partial charge in [0.1, 0.15) is 5.75 Å². The van der Waals surface area contributed by atoms with Crippen molar-refractivity contribution >= 4 is 23.6 Å². The van der Waals surface area contributed by atoms with E-state index in [0.29, 0.717) is 33.8 Å². The van der Waals surface area contributed by atoms with E-state index in [4.69, 9.17) is 14.0 Å². The molecule has 4 rings (SSSR count). The highest BCUT2D eigenvalue weighted by atomic mass is 32.2. The lowest BCUT2D eigenvalue weighted by Gasteiger charge is -2.19. The Morgan fingerprint density at radius 1 is 1.18 bits per heavy atom. The number of nitrogens with one attached hydrogen (secondary N) is 1. The minimum atomic E-state index is -0.553. The van der Waals surface area contributed by atoms with Crippen molar-refractivity contribution in [3.63, 3.8) is 0 Å². The molecule has 1 saturated carbocycles. The number of hydrogen-bond acceptors (Lipinski definition) is 8. The van der Waals surface area contributed by atoms with Crippen molar-refractivity contribution in [2.24, 2.45) is 5.92 Å². The Morgan fingerprint density at radius 2 is 1.94 bits per heavy atom. The van der Waals surface area contributed by atoms with E-state index in [1.165, 1.54) is 11.8 Å². The number of nitrogens with zero attached hydrogens (tertiary/aromatic N) is 2. The molecule has 0 aliphatic heterocycles. The van der Waals surface area contributed by atoms with E-state index in [2.05, 4.69) is 15.5 Å². The number of benzene rings is 2. The number of hydrogen-bond donors (Lipinski definition) is 1. The van der Waals surface area contributed by atoms with Crippen LogP contribution in [0.25, 0.3) is 0 Å². The van der Waals surface area contributed by atoms with Crippen molar-refractivity contribution < 1.29 is 23.6 Å². The van der Waals surface area contributed by atoms with Gasteiger partial charge in [-0.1, -0.05) is 29.4 Å². The summed E-state index contributed by atoms with van der Waals surface area (Å²) in [7, 11) is 1.62. The minimum absolute atomic E-state index is 0.109. The zero-order valence-corrected chi connectivity index (χ0v) is 19.3. The summed E-state index contributed by atoms with van der Waals surface area (Å²) in [5, 5.41) is 6.78. The molecule has 1 unspecified atom stereocenters. The van der Waals surface area contributed by atoms with Gasteiger partial charge in [-0.15, -0.1) is 11.8 Å². The molecular formula is C24H25N3O5S. The Morgan fingerprint density at radius 3 is 2.61 bits per heavy atom. The molecule has 1 N–H and O–H groups in total. The van der Waals surface area contributed by atoms with Crippen molar-refractivity contribution in [3.8, 4) is 5.75 Å². The van der Waals surface area contributed by atoms with E-state index >= 15 is 0 Å². The number of rotatable bonds is 10. The maximum atomic E-state index is 12.7. The lowest BCUT2D eigenvalue weighted by atomic mass is 10.0. The topological polar surface area (TPSA) is 104 Å². The molecule has 1 aliphatic carbocycles. The van der Waals surface area contributed by atoms with Crippen LogP contribution in [0.2, 0.25) is 0 Å².